The third-order valence-corrected chi connectivity index (χ3v) is 3.53. The van der Waals surface area contributed by atoms with Crippen molar-refractivity contribution < 1.29 is 14.7 Å². The zero-order valence-corrected chi connectivity index (χ0v) is 13.2. The highest BCUT2D eigenvalue weighted by atomic mass is 16.4. The van der Waals surface area contributed by atoms with Crippen molar-refractivity contribution in [2.24, 2.45) is 0 Å². The number of carbonyl (C=O) groups excluding carboxylic acids is 1. The van der Waals surface area contributed by atoms with Crippen molar-refractivity contribution >= 4 is 17.5 Å². The molecule has 0 saturated carbocycles. The molecule has 0 saturated heterocycles. The lowest BCUT2D eigenvalue weighted by Gasteiger charge is -2.21. The van der Waals surface area contributed by atoms with E-state index in [-0.39, 0.29) is 18.9 Å². The quantitative estimate of drug-likeness (QED) is 0.888. The van der Waals surface area contributed by atoms with E-state index in [0.29, 0.717) is 17.9 Å². The second-order valence-electron chi connectivity index (χ2n) is 5.41. The van der Waals surface area contributed by atoms with E-state index in [2.05, 4.69) is 4.98 Å². The number of carbonyl (C=O) groups is 2. The molecule has 0 fully saturated rings. The number of aliphatic carboxylic acids is 1. The number of pyridine rings is 1. The van der Waals surface area contributed by atoms with Gasteiger partial charge in [0.25, 0.3) is 5.91 Å². The van der Waals surface area contributed by atoms with Gasteiger partial charge in [0.05, 0.1) is 12.1 Å². The smallest absolute Gasteiger partial charge is 0.305 e. The van der Waals surface area contributed by atoms with E-state index in [1.165, 1.54) is 0 Å². The summed E-state index contributed by atoms with van der Waals surface area (Å²) >= 11 is 0. The molecule has 2 heterocycles. The first-order valence-corrected chi connectivity index (χ1v) is 7.40. The molecule has 2 aromatic rings. The second kappa shape index (κ2) is 6.60. The lowest BCUT2D eigenvalue weighted by molar-refractivity contribution is -0.137. The number of aromatic nitrogens is 2. The van der Waals surface area contributed by atoms with Gasteiger partial charge in [-0.1, -0.05) is 6.92 Å². The molecule has 118 valence electrons. The lowest BCUT2D eigenvalue weighted by Crippen LogP contribution is -2.34. The maximum atomic E-state index is 12.8. The van der Waals surface area contributed by atoms with E-state index in [1.807, 2.05) is 32.2 Å². The summed E-state index contributed by atoms with van der Waals surface area (Å²) in [6, 6.07) is 3.84. The number of amides is 1. The Balaban J connectivity index is 2.37. The minimum atomic E-state index is -0.903. The van der Waals surface area contributed by atoms with Crippen LogP contribution >= 0.6 is 0 Å². The summed E-state index contributed by atoms with van der Waals surface area (Å²) in [5.74, 6) is -1.07. The molecule has 0 bridgehead atoms. The average molecular weight is 303 g/mol. The van der Waals surface area contributed by atoms with Gasteiger partial charge in [-0.05, 0) is 38.0 Å². The van der Waals surface area contributed by atoms with Crippen molar-refractivity contribution in [1.82, 2.24) is 14.3 Å². The molecule has 0 aliphatic carbocycles. The third-order valence-electron chi connectivity index (χ3n) is 3.53. The number of fused-ring (bicyclic) bond motifs is 1. The highest BCUT2D eigenvalue weighted by Crippen LogP contribution is 2.16. The van der Waals surface area contributed by atoms with Crippen LogP contribution in [0, 0.1) is 13.8 Å². The maximum absolute atomic E-state index is 12.8. The zero-order valence-electron chi connectivity index (χ0n) is 13.2. The summed E-state index contributed by atoms with van der Waals surface area (Å²) in [6.45, 7) is 6.48. The normalized spacial score (nSPS) is 10.9. The van der Waals surface area contributed by atoms with E-state index in [1.54, 1.807) is 16.2 Å². The molecule has 0 aliphatic heterocycles. The summed E-state index contributed by atoms with van der Waals surface area (Å²) in [6.07, 6.45) is 2.56. The predicted molar refractivity (Wildman–Crippen MR) is 83.1 cm³/mol. The zero-order chi connectivity index (χ0) is 16.3. The largest absolute Gasteiger partial charge is 0.481 e. The highest BCUT2D eigenvalue weighted by molar-refractivity contribution is 5.95. The van der Waals surface area contributed by atoms with Crippen molar-refractivity contribution in [3.05, 3.63) is 35.3 Å². The number of imidazole rings is 1. The van der Waals surface area contributed by atoms with Crippen molar-refractivity contribution in [2.45, 2.75) is 33.6 Å². The maximum Gasteiger partial charge on any atom is 0.305 e. The van der Waals surface area contributed by atoms with E-state index in [4.69, 9.17) is 5.11 Å². The SMILES string of the molecule is CCCN(CCC(=O)O)C(=O)c1c(C)nc2cc(C)ccn12. The first-order valence-electron chi connectivity index (χ1n) is 7.40. The molecule has 0 aromatic carbocycles. The first kappa shape index (κ1) is 16.0. The Morgan fingerprint density at radius 2 is 2.05 bits per heavy atom. The van der Waals surface area contributed by atoms with Crippen LogP contribution in [-0.4, -0.2) is 44.4 Å². The van der Waals surface area contributed by atoms with Gasteiger partial charge in [-0.3, -0.25) is 14.0 Å². The third kappa shape index (κ3) is 3.27. The van der Waals surface area contributed by atoms with Crippen molar-refractivity contribution in [2.75, 3.05) is 13.1 Å². The van der Waals surface area contributed by atoms with Gasteiger partial charge >= 0.3 is 5.97 Å². The molecule has 22 heavy (non-hydrogen) atoms. The van der Waals surface area contributed by atoms with E-state index in [9.17, 15) is 9.59 Å². The van der Waals surface area contributed by atoms with Crippen molar-refractivity contribution in [3.8, 4) is 0 Å². The summed E-state index contributed by atoms with van der Waals surface area (Å²) < 4.78 is 1.77. The number of rotatable bonds is 6. The van der Waals surface area contributed by atoms with Gasteiger partial charge in [-0.25, -0.2) is 4.98 Å². The Morgan fingerprint density at radius 1 is 1.32 bits per heavy atom. The summed E-state index contributed by atoms with van der Waals surface area (Å²) in [5.41, 5.74) is 2.98. The molecule has 6 heteroatoms. The van der Waals surface area contributed by atoms with Crippen LogP contribution in [0.3, 0.4) is 0 Å². The lowest BCUT2D eigenvalue weighted by atomic mass is 10.2. The fraction of sp³-hybridized carbons (Fsp3) is 0.438. The topological polar surface area (TPSA) is 74.9 Å². The molecular formula is C16H21N3O3. The Kier molecular flexibility index (Phi) is 4.80. The Labute approximate surface area is 129 Å². The van der Waals surface area contributed by atoms with Crippen LogP contribution in [0.5, 0.6) is 0 Å². The fourth-order valence-corrected chi connectivity index (χ4v) is 2.49. The molecule has 6 nitrogen and oxygen atoms in total. The summed E-state index contributed by atoms with van der Waals surface area (Å²) in [5, 5.41) is 8.84. The minimum Gasteiger partial charge on any atom is -0.481 e. The molecule has 0 atom stereocenters. The van der Waals surface area contributed by atoms with E-state index >= 15 is 0 Å². The van der Waals surface area contributed by atoms with Gasteiger partial charge in [-0.2, -0.15) is 0 Å². The number of hydrogen-bond donors (Lipinski definition) is 1. The number of hydrogen-bond acceptors (Lipinski definition) is 3. The predicted octanol–water partition coefficient (Wildman–Crippen LogP) is 2.28. The van der Waals surface area contributed by atoms with Crippen molar-refractivity contribution in [1.29, 1.82) is 0 Å². The Morgan fingerprint density at radius 3 is 2.68 bits per heavy atom. The Bertz CT molecular complexity index is 706. The van der Waals surface area contributed by atoms with Gasteiger partial charge in [0, 0.05) is 19.3 Å². The Hall–Kier alpha value is -2.37. The van der Waals surface area contributed by atoms with Gasteiger partial charge in [-0.15, -0.1) is 0 Å². The van der Waals surface area contributed by atoms with E-state index < -0.39 is 5.97 Å². The monoisotopic (exact) mass is 303 g/mol. The molecule has 0 radical (unpaired) electrons. The highest BCUT2D eigenvalue weighted by Gasteiger charge is 2.22. The molecule has 0 unspecified atom stereocenters. The molecular weight excluding hydrogens is 282 g/mol. The number of carboxylic acids is 1. The number of aryl methyl sites for hydroxylation is 2. The standard InChI is InChI=1S/C16H21N3O3/c1-4-7-18(8-6-14(20)21)16(22)15-12(3)17-13-10-11(2)5-9-19(13)15/h5,9-10H,4,6-8H2,1-3H3,(H,20,21). The molecule has 1 N–H and O–H groups in total. The van der Waals surface area contributed by atoms with Crippen LogP contribution in [0.1, 0.15) is 41.5 Å². The van der Waals surface area contributed by atoms with Crippen LogP contribution in [-0.2, 0) is 4.79 Å². The van der Waals surface area contributed by atoms with Crippen LogP contribution in [0.25, 0.3) is 5.65 Å². The van der Waals surface area contributed by atoms with Gasteiger partial charge in [0.2, 0.25) is 0 Å². The molecule has 2 aromatic heterocycles. The van der Waals surface area contributed by atoms with Gasteiger partial charge in [0.1, 0.15) is 11.3 Å². The van der Waals surface area contributed by atoms with Crippen molar-refractivity contribution in [3.63, 3.8) is 0 Å². The molecule has 2 rings (SSSR count). The average Bonchev–Trinajstić information content (AvgIpc) is 2.77. The van der Waals surface area contributed by atoms with Gasteiger partial charge in [0.15, 0.2) is 0 Å². The second-order valence-corrected chi connectivity index (χ2v) is 5.41. The summed E-state index contributed by atoms with van der Waals surface area (Å²) in [4.78, 5) is 29.6. The summed E-state index contributed by atoms with van der Waals surface area (Å²) in [7, 11) is 0. The molecule has 0 aliphatic rings. The molecule has 0 spiro atoms. The molecule has 1 amide bonds. The minimum absolute atomic E-state index is 0.0549. The number of nitrogens with zero attached hydrogens (tertiary/aromatic N) is 3. The van der Waals surface area contributed by atoms with Gasteiger partial charge < -0.3 is 10.0 Å². The first-order chi connectivity index (χ1) is 10.4. The van der Waals surface area contributed by atoms with Crippen LogP contribution < -0.4 is 0 Å². The van der Waals surface area contributed by atoms with Crippen LogP contribution in [0.15, 0.2) is 18.3 Å². The van der Waals surface area contributed by atoms with E-state index in [0.717, 1.165) is 17.6 Å². The number of carboxylic acid groups (broad SMARTS) is 1. The van der Waals surface area contributed by atoms with Crippen LogP contribution in [0.4, 0.5) is 0 Å². The van der Waals surface area contributed by atoms with Crippen LogP contribution in [0.2, 0.25) is 0 Å². The fourth-order valence-electron chi connectivity index (χ4n) is 2.49.